The Hall–Kier alpha value is -0.130. The second-order valence-electron chi connectivity index (χ2n) is 4.34. The first-order valence-corrected chi connectivity index (χ1v) is 7.57. The molecule has 0 heterocycles. The Balaban J connectivity index is 2.22. The number of hydrogen-bond donors (Lipinski definition) is 2. The van der Waals surface area contributed by atoms with Crippen LogP contribution in [0.2, 0.25) is 0 Å². The van der Waals surface area contributed by atoms with Gasteiger partial charge in [-0.3, -0.25) is 11.3 Å². The van der Waals surface area contributed by atoms with Gasteiger partial charge >= 0.3 is 0 Å². The summed E-state index contributed by atoms with van der Waals surface area (Å²) in [7, 11) is -2.81. The van der Waals surface area contributed by atoms with Crippen LogP contribution in [0.4, 0.5) is 0 Å². The highest BCUT2D eigenvalue weighted by atomic mass is 32.2. The van der Waals surface area contributed by atoms with E-state index >= 15 is 0 Å². The molecule has 0 radical (unpaired) electrons. The average Bonchev–Trinajstić information content (AvgIpc) is 2.13. The van der Waals surface area contributed by atoms with Gasteiger partial charge in [0.1, 0.15) is 9.84 Å². The molecule has 1 aliphatic rings. The molecule has 1 atom stereocenters. The van der Waals surface area contributed by atoms with Crippen molar-refractivity contribution >= 4 is 9.84 Å². The van der Waals surface area contributed by atoms with Crippen molar-refractivity contribution in [3.63, 3.8) is 0 Å². The molecule has 1 fully saturated rings. The van der Waals surface area contributed by atoms with E-state index in [-0.39, 0.29) is 5.75 Å². The van der Waals surface area contributed by atoms with E-state index in [0.717, 1.165) is 12.8 Å². The lowest BCUT2D eigenvalue weighted by Gasteiger charge is -2.33. The number of rotatable bonds is 7. The average molecular weight is 234 g/mol. The molecular formula is C10H22N2O2S. The molecular weight excluding hydrogens is 212 g/mol. The minimum absolute atomic E-state index is 0.247. The number of nitrogens with two attached hydrogens (primary N) is 1. The summed E-state index contributed by atoms with van der Waals surface area (Å²) in [5.74, 6) is 6.68. The van der Waals surface area contributed by atoms with Gasteiger partial charge < -0.3 is 0 Å². The summed E-state index contributed by atoms with van der Waals surface area (Å²) in [6.45, 7) is 1.69. The Kier molecular flexibility index (Phi) is 5.02. The Morgan fingerprint density at radius 2 is 2.13 bits per heavy atom. The minimum atomic E-state index is -2.81. The third kappa shape index (κ3) is 4.09. The number of sulfone groups is 1. The SMILES string of the molecule is CCS(=O)(=O)CCCC(NN)C1CCC1. The van der Waals surface area contributed by atoms with Crippen LogP contribution < -0.4 is 11.3 Å². The van der Waals surface area contributed by atoms with Gasteiger partial charge in [-0.1, -0.05) is 13.3 Å². The molecule has 0 aromatic carbocycles. The van der Waals surface area contributed by atoms with Gasteiger partial charge in [-0.2, -0.15) is 0 Å². The molecule has 0 amide bonds. The molecule has 1 unspecified atom stereocenters. The van der Waals surface area contributed by atoms with Gasteiger partial charge in [0.2, 0.25) is 0 Å². The van der Waals surface area contributed by atoms with Gasteiger partial charge in [0.05, 0.1) is 5.75 Å². The maximum absolute atomic E-state index is 11.3. The predicted octanol–water partition coefficient (Wildman–Crippen LogP) is 0.833. The normalized spacial score (nSPS) is 19.9. The quantitative estimate of drug-likeness (QED) is 0.505. The Morgan fingerprint density at radius 3 is 2.53 bits per heavy atom. The second-order valence-corrected chi connectivity index (χ2v) is 6.82. The van der Waals surface area contributed by atoms with E-state index in [0.29, 0.717) is 17.7 Å². The molecule has 5 heteroatoms. The molecule has 0 spiro atoms. The van der Waals surface area contributed by atoms with Crippen molar-refractivity contribution in [3.05, 3.63) is 0 Å². The zero-order valence-electron chi connectivity index (χ0n) is 9.41. The summed E-state index contributed by atoms with van der Waals surface area (Å²) in [6.07, 6.45) is 5.35. The highest BCUT2D eigenvalue weighted by Gasteiger charge is 2.26. The number of nitrogens with one attached hydrogen (secondary N) is 1. The summed E-state index contributed by atoms with van der Waals surface area (Å²) in [5, 5.41) is 0. The highest BCUT2D eigenvalue weighted by Crippen LogP contribution is 2.31. The van der Waals surface area contributed by atoms with Crippen molar-refractivity contribution in [1.29, 1.82) is 0 Å². The topological polar surface area (TPSA) is 72.2 Å². The van der Waals surface area contributed by atoms with Crippen LogP contribution in [0.1, 0.15) is 39.0 Å². The highest BCUT2D eigenvalue weighted by molar-refractivity contribution is 7.91. The summed E-state index contributed by atoms with van der Waals surface area (Å²) < 4.78 is 22.5. The fourth-order valence-electron chi connectivity index (χ4n) is 1.96. The summed E-state index contributed by atoms with van der Waals surface area (Å²) in [6, 6.07) is 0.311. The monoisotopic (exact) mass is 234 g/mol. The lowest BCUT2D eigenvalue weighted by atomic mass is 9.78. The number of hydrogen-bond acceptors (Lipinski definition) is 4. The maximum Gasteiger partial charge on any atom is 0.150 e. The van der Waals surface area contributed by atoms with E-state index in [4.69, 9.17) is 5.84 Å². The summed E-state index contributed by atoms with van der Waals surface area (Å²) >= 11 is 0. The molecule has 1 aliphatic carbocycles. The van der Waals surface area contributed by atoms with Gasteiger partial charge in [-0.05, 0) is 31.6 Å². The first-order chi connectivity index (χ1) is 7.09. The van der Waals surface area contributed by atoms with Gasteiger partial charge in [-0.15, -0.1) is 0 Å². The van der Waals surface area contributed by atoms with E-state index in [1.165, 1.54) is 19.3 Å². The van der Waals surface area contributed by atoms with E-state index in [9.17, 15) is 8.42 Å². The first-order valence-electron chi connectivity index (χ1n) is 5.75. The molecule has 0 bridgehead atoms. The molecule has 3 N–H and O–H groups in total. The van der Waals surface area contributed by atoms with Crippen LogP contribution in [0, 0.1) is 5.92 Å². The standard InChI is InChI=1S/C10H22N2O2S/c1-2-15(13,14)8-4-7-10(12-11)9-5-3-6-9/h9-10,12H,2-8,11H2,1H3. The van der Waals surface area contributed by atoms with Gasteiger partial charge in [-0.25, -0.2) is 8.42 Å². The fraction of sp³-hybridized carbons (Fsp3) is 1.00. The lowest BCUT2D eigenvalue weighted by Crippen LogP contribution is -2.43. The summed E-state index contributed by atoms with van der Waals surface area (Å²) in [5.41, 5.74) is 2.81. The number of hydrazine groups is 1. The van der Waals surface area contributed by atoms with Crippen LogP contribution in [-0.2, 0) is 9.84 Å². The van der Waals surface area contributed by atoms with E-state index in [1.54, 1.807) is 6.92 Å². The molecule has 0 saturated heterocycles. The third-order valence-electron chi connectivity index (χ3n) is 3.34. The Morgan fingerprint density at radius 1 is 1.47 bits per heavy atom. The van der Waals surface area contributed by atoms with Crippen LogP contribution in [0.5, 0.6) is 0 Å². The van der Waals surface area contributed by atoms with Crippen molar-refractivity contribution in [2.45, 2.75) is 45.1 Å². The largest absolute Gasteiger partial charge is 0.271 e. The Bertz CT molecular complexity index is 273. The van der Waals surface area contributed by atoms with Crippen molar-refractivity contribution in [3.8, 4) is 0 Å². The second kappa shape index (κ2) is 5.82. The van der Waals surface area contributed by atoms with E-state index < -0.39 is 9.84 Å². The lowest BCUT2D eigenvalue weighted by molar-refractivity contribution is 0.220. The van der Waals surface area contributed by atoms with Crippen molar-refractivity contribution in [1.82, 2.24) is 5.43 Å². The van der Waals surface area contributed by atoms with Crippen LogP contribution >= 0.6 is 0 Å². The van der Waals surface area contributed by atoms with Gasteiger partial charge in [0.25, 0.3) is 0 Å². The third-order valence-corrected chi connectivity index (χ3v) is 5.13. The van der Waals surface area contributed by atoms with Gasteiger partial charge in [0.15, 0.2) is 0 Å². The molecule has 0 aromatic heterocycles. The Labute approximate surface area is 92.5 Å². The first kappa shape index (κ1) is 12.9. The maximum atomic E-state index is 11.3. The van der Waals surface area contributed by atoms with Crippen molar-refractivity contribution in [2.75, 3.05) is 11.5 Å². The predicted molar refractivity (Wildman–Crippen MR) is 62.0 cm³/mol. The van der Waals surface area contributed by atoms with Crippen LogP contribution in [0.25, 0.3) is 0 Å². The van der Waals surface area contributed by atoms with Crippen molar-refractivity contribution in [2.24, 2.45) is 11.8 Å². The summed E-state index contributed by atoms with van der Waals surface area (Å²) in [4.78, 5) is 0. The molecule has 0 aromatic rings. The molecule has 15 heavy (non-hydrogen) atoms. The van der Waals surface area contributed by atoms with E-state index in [2.05, 4.69) is 5.43 Å². The molecule has 0 aliphatic heterocycles. The molecule has 1 rings (SSSR count). The van der Waals surface area contributed by atoms with Crippen LogP contribution in [0.15, 0.2) is 0 Å². The molecule has 4 nitrogen and oxygen atoms in total. The van der Waals surface area contributed by atoms with Gasteiger partial charge in [0, 0.05) is 11.8 Å². The molecule has 1 saturated carbocycles. The zero-order chi connectivity index (χ0) is 11.3. The molecule has 90 valence electrons. The van der Waals surface area contributed by atoms with Crippen LogP contribution in [-0.4, -0.2) is 26.0 Å². The van der Waals surface area contributed by atoms with E-state index in [1.807, 2.05) is 0 Å². The van der Waals surface area contributed by atoms with Crippen LogP contribution in [0.3, 0.4) is 0 Å². The zero-order valence-corrected chi connectivity index (χ0v) is 10.2. The fourth-order valence-corrected chi connectivity index (χ4v) is 2.86. The van der Waals surface area contributed by atoms with Crippen molar-refractivity contribution < 1.29 is 8.42 Å². The smallest absolute Gasteiger partial charge is 0.150 e. The minimum Gasteiger partial charge on any atom is -0.271 e.